The molecule has 0 fully saturated rings. The lowest BCUT2D eigenvalue weighted by molar-refractivity contribution is -0.137. The summed E-state index contributed by atoms with van der Waals surface area (Å²) in [6.45, 7) is 3.79. The molecule has 0 spiro atoms. The number of methoxy groups -OCH3 is 1. The van der Waals surface area contributed by atoms with E-state index < -0.39 is 5.97 Å². The van der Waals surface area contributed by atoms with E-state index in [1.54, 1.807) is 7.11 Å². The fraction of sp³-hybridized carbons (Fsp3) is 0.400. The van der Waals surface area contributed by atoms with Gasteiger partial charge in [-0.05, 0) is 36.6 Å². The third-order valence-electron chi connectivity index (χ3n) is 3.17. The quantitative estimate of drug-likeness (QED) is 0.880. The molecule has 0 amide bonds. The molecule has 2 rings (SSSR count). The maximum atomic E-state index is 10.6. The summed E-state index contributed by atoms with van der Waals surface area (Å²) in [7, 11) is 1.62. The van der Waals surface area contributed by atoms with E-state index in [1.165, 1.54) is 0 Å². The van der Waals surface area contributed by atoms with Gasteiger partial charge in [0, 0.05) is 18.4 Å². The van der Waals surface area contributed by atoms with Crippen molar-refractivity contribution in [3.63, 3.8) is 0 Å². The molecule has 2 aromatic rings. The average Bonchev–Trinajstić information content (AvgIpc) is 2.86. The van der Waals surface area contributed by atoms with E-state index in [0.29, 0.717) is 18.1 Å². The minimum atomic E-state index is -0.826. The summed E-state index contributed by atoms with van der Waals surface area (Å²) in [6.07, 6.45) is 0.536. The summed E-state index contributed by atoms with van der Waals surface area (Å²) >= 11 is 0. The number of rotatable bonds is 6. The largest absolute Gasteiger partial charge is 0.496 e. The molecule has 0 bridgehead atoms. The van der Waals surface area contributed by atoms with E-state index in [0.717, 1.165) is 16.9 Å². The van der Waals surface area contributed by atoms with Crippen molar-refractivity contribution in [2.45, 2.75) is 26.7 Å². The molecule has 1 heterocycles. The molecular formula is C15H18N2O4. The zero-order valence-corrected chi connectivity index (χ0v) is 12.3. The van der Waals surface area contributed by atoms with Crippen LogP contribution in [-0.2, 0) is 11.2 Å². The molecule has 6 heteroatoms. The standard InChI is InChI=1S/C15H18N2O4/c1-9(7-14(18)19)6-13-16-15(17-21-13)11-4-5-12(20-3)10(2)8-11/h4-5,8-9H,6-7H2,1-3H3,(H,18,19). The van der Waals surface area contributed by atoms with Crippen LogP contribution in [0.15, 0.2) is 22.7 Å². The van der Waals surface area contributed by atoms with Gasteiger partial charge < -0.3 is 14.4 Å². The van der Waals surface area contributed by atoms with Gasteiger partial charge in [0.1, 0.15) is 5.75 Å². The molecule has 0 aliphatic rings. The molecule has 0 saturated carbocycles. The highest BCUT2D eigenvalue weighted by molar-refractivity contribution is 5.67. The van der Waals surface area contributed by atoms with Crippen molar-refractivity contribution in [3.8, 4) is 17.1 Å². The van der Waals surface area contributed by atoms with Crippen molar-refractivity contribution in [1.29, 1.82) is 0 Å². The molecule has 0 aliphatic carbocycles. The van der Waals surface area contributed by atoms with Crippen LogP contribution >= 0.6 is 0 Å². The van der Waals surface area contributed by atoms with Gasteiger partial charge in [-0.3, -0.25) is 4.79 Å². The van der Waals surface area contributed by atoms with E-state index in [9.17, 15) is 4.79 Å². The Labute approximate surface area is 122 Å². The van der Waals surface area contributed by atoms with E-state index in [-0.39, 0.29) is 12.3 Å². The van der Waals surface area contributed by atoms with Gasteiger partial charge in [0.15, 0.2) is 0 Å². The lowest BCUT2D eigenvalue weighted by Crippen LogP contribution is -2.07. The molecule has 1 N–H and O–H groups in total. The minimum Gasteiger partial charge on any atom is -0.496 e. The topological polar surface area (TPSA) is 85.5 Å². The lowest BCUT2D eigenvalue weighted by atomic mass is 10.0. The summed E-state index contributed by atoms with van der Waals surface area (Å²) < 4.78 is 10.4. The Morgan fingerprint density at radius 3 is 2.86 bits per heavy atom. The Morgan fingerprint density at radius 2 is 2.24 bits per heavy atom. The van der Waals surface area contributed by atoms with E-state index in [2.05, 4.69) is 10.1 Å². The number of benzene rings is 1. The fourth-order valence-corrected chi connectivity index (χ4v) is 2.14. The first-order chi connectivity index (χ1) is 9.99. The number of carboxylic acid groups (broad SMARTS) is 1. The van der Waals surface area contributed by atoms with Gasteiger partial charge in [-0.25, -0.2) is 0 Å². The Morgan fingerprint density at radius 1 is 1.48 bits per heavy atom. The van der Waals surface area contributed by atoms with E-state index in [1.807, 2.05) is 32.0 Å². The molecule has 0 radical (unpaired) electrons. The molecule has 0 aliphatic heterocycles. The Bertz CT molecular complexity index is 636. The van der Waals surface area contributed by atoms with Crippen molar-refractivity contribution in [1.82, 2.24) is 10.1 Å². The normalized spacial score (nSPS) is 12.1. The molecule has 112 valence electrons. The zero-order chi connectivity index (χ0) is 15.4. The van der Waals surface area contributed by atoms with E-state index in [4.69, 9.17) is 14.4 Å². The molecule has 6 nitrogen and oxygen atoms in total. The van der Waals surface area contributed by atoms with Crippen molar-refractivity contribution in [3.05, 3.63) is 29.7 Å². The van der Waals surface area contributed by atoms with E-state index >= 15 is 0 Å². The average molecular weight is 290 g/mol. The summed E-state index contributed by atoms with van der Waals surface area (Å²) in [5.74, 6) is 0.879. The van der Waals surface area contributed by atoms with Gasteiger partial charge >= 0.3 is 5.97 Å². The number of hydrogen-bond acceptors (Lipinski definition) is 5. The van der Waals surface area contributed by atoms with Crippen LogP contribution in [0.25, 0.3) is 11.4 Å². The van der Waals surface area contributed by atoms with Gasteiger partial charge in [0.05, 0.1) is 7.11 Å². The summed E-state index contributed by atoms with van der Waals surface area (Å²) in [4.78, 5) is 15.0. The third kappa shape index (κ3) is 3.81. The van der Waals surface area contributed by atoms with Crippen LogP contribution in [0.1, 0.15) is 24.8 Å². The van der Waals surface area contributed by atoms with Crippen molar-refractivity contribution >= 4 is 5.97 Å². The molecule has 1 aromatic heterocycles. The first-order valence-corrected chi connectivity index (χ1v) is 6.69. The summed E-state index contributed by atoms with van der Waals surface area (Å²) in [5.41, 5.74) is 1.83. The van der Waals surface area contributed by atoms with Crippen LogP contribution in [0.4, 0.5) is 0 Å². The van der Waals surface area contributed by atoms with Crippen LogP contribution < -0.4 is 4.74 Å². The lowest BCUT2D eigenvalue weighted by Gasteiger charge is -2.04. The van der Waals surface area contributed by atoms with Gasteiger partial charge in [-0.1, -0.05) is 12.1 Å². The predicted octanol–water partition coefficient (Wildman–Crippen LogP) is 2.71. The van der Waals surface area contributed by atoms with Gasteiger partial charge in [-0.2, -0.15) is 4.98 Å². The monoisotopic (exact) mass is 290 g/mol. The predicted molar refractivity (Wildman–Crippen MR) is 76.1 cm³/mol. The highest BCUT2D eigenvalue weighted by Crippen LogP contribution is 2.24. The summed E-state index contributed by atoms with van der Waals surface area (Å²) in [5, 5.41) is 12.7. The highest BCUT2D eigenvalue weighted by Gasteiger charge is 2.15. The van der Waals surface area contributed by atoms with Gasteiger partial charge in [0.2, 0.25) is 11.7 Å². The number of ether oxygens (including phenoxy) is 1. The maximum Gasteiger partial charge on any atom is 0.303 e. The first-order valence-electron chi connectivity index (χ1n) is 6.69. The number of hydrogen-bond donors (Lipinski definition) is 1. The second-order valence-corrected chi connectivity index (χ2v) is 5.10. The van der Waals surface area contributed by atoms with Gasteiger partial charge in [-0.15, -0.1) is 0 Å². The fourth-order valence-electron chi connectivity index (χ4n) is 2.14. The molecular weight excluding hydrogens is 272 g/mol. The minimum absolute atomic E-state index is 0.0478. The number of aliphatic carboxylic acids is 1. The van der Waals surface area contributed by atoms with Crippen LogP contribution in [0.3, 0.4) is 0 Å². The maximum absolute atomic E-state index is 10.6. The Balaban J connectivity index is 2.12. The van der Waals surface area contributed by atoms with Crippen LogP contribution in [0.5, 0.6) is 5.75 Å². The molecule has 0 saturated heterocycles. The number of aryl methyl sites for hydroxylation is 1. The Kier molecular flexibility index (Phi) is 4.57. The number of aromatic nitrogens is 2. The van der Waals surface area contributed by atoms with Crippen molar-refractivity contribution < 1.29 is 19.2 Å². The first kappa shape index (κ1) is 15.0. The second-order valence-electron chi connectivity index (χ2n) is 5.10. The van der Waals surface area contributed by atoms with Crippen molar-refractivity contribution in [2.75, 3.05) is 7.11 Å². The van der Waals surface area contributed by atoms with Crippen LogP contribution in [-0.4, -0.2) is 28.3 Å². The van der Waals surface area contributed by atoms with Crippen LogP contribution in [0, 0.1) is 12.8 Å². The van der Waals surface area contributed by atoms with Crippen LogP contribution in [0.2, 0.25) is 0 Å². The highest BCUT2D eigenvalue weighted by atomic mass is 16.5. The SMILES string of the molecule is COc1ccc(-c2noc(CC(C)CC(=O)O)n2)cc1C. The molecule has 1 atom stereocenters. The number of carbonyl (C=O) groups is 1. The molecule has 1 unspecified atom stereocenters. The smallest absolute Gasteiger partial charge is 0.303 e. The Hall–Kier alpha value is -2.37. The summed E-state index contributed by atoms with van der Waals surface area (Å²) in [6, 6.07) is 5.64. The van der Waals surface area contributed by atoms with Gasteiger partial charge in [0.25, 0.3) is 0 Å². The molecule has 21 heavy (non-hydrogen) atoms. The molecule has 1 aromatic carbocycles. The second kappa shape index (κ2) is 6.39. The third-order valence-corrected chi connectivity index (χ3v) is 3.17. The zero-order valence-electron chi connectivity index (χ0n) is 12.3. The number of nitrogens with zero attached hydrogens (tertiary/aromatic N) is 2. The number of carboxylic acids is 1. The van der Waals surface area contributed by atoms with Crippen molar-refractivity contribution in [2.24, 2.45) is 5.92 Å².